The molecule has 0 radical (unpaired) electrons. The Bertz CT molecular complexity index is 2050. The molecule has 39 heteroatoms. The Hall–Kier alpha value is -1.74. The summed E-state index contributed by atoms with van der Waals surface area (Å²) >= 11 is 6.96. The van der Waals surface area contributed by atoms with Crippen molar-refractivity contribution in [3.63, 3.8) is 0 Å². The maximum Gasteiger partial charge on any atom is 0.459 e. The summed E-state index contributed by atoms with van der Waals surface area (Å²) in [6.45, 7) is -11.7. The first-order valence-electron chi connectivity index (χ1n) is 15.0. The molecule has 0 N–H and O–H groups in total. The van der Waals surface area contributed by atoms with E-state index in [0.717, 1.165) is 6.92 Å². The monoisotopic (exact) mass is 1090 g/mol. The van der Waals surface area contributed by atoms with Gasteiger partial charge < -0.3 is 18.3 Å². The Morgan fingerprint density at radius 3 is 0.889 bits per heavy atom. The Morgan fingerprint density at radius 2 is 0.635 bits per heavy atom. The highest BCUT2D eigenvalue weighted by atomic mass is 32.3. The highest BCUT2D eigenvalue weighted by Gasteiger charge is 2.76. The van der Waals surface area contributed by atoms with Crippen LogP contribution < -0.4 is 0 Å². The number of nitrogens with zero attached hydrogens (tertiary/aromatic N) is 5. The number of thioether (sulfide) groups is 1. The molecule has 0 amide bonds. The smallest absolute Gasteiger partial charge is 0.304 e. The Kier molecular flexibility index (Phi) is 14.8. The molecule has 1 aliphatic heterocycles. The van der Waals surface area contributed by atoms with Crippen molar-refractivity contribution in [1.29, 1.82) is 0 Å². The maximum atomic E-state index is 14.8. The van der Waals surface area contributed by atoms with Gasteiger partial charge >= 0.3 is 72.1 Å². The number of halogens is 28. The zero-order chi connectivity index (χ0) is 49.7. The van der Waals surface area contributed by atoms with E-state index in [-0.39, 0.29) is 14.9 Å². The van der Waals surface area contributed by atoms with Crippen LogP contribution in [0.15, 0.2) is 20.1 Å². The summed E-state index contributed by atoms with van der Waals surface area (Å²) in [4.78, 5) is 0. The molecule has 0 spiro atoms. The largest absolute Gasteiger partial charge is 0.459 e. The van der Waals surface area contributed by atoms with Crippen LogP contribution in [0.2, 0.25) is 0 Å². The lowest BCUT2D eigenvalue weighted by Crippen LogP contribution is -2.54. The summed E-state index contributed by atoms with van der Waals surface area (Å²) < 4.78 is 378. The minimum absolute atomic E-state index is 0.0142. The van der Waals surface area contributed by atoms with Gasteiger partial charge in [-0.15, -0.1) is 14.9 Å². The number of aromatic nitrogens is 4. The molecule has 3 heterocycles. The number of alkyl halides is 28. The van der Waals surface area contributed by atoms with Crippen molar-refractivity contribution in [2.24, 2.45) is 0 Å². The molecular weight excluding hydrogens is 1080 g/mol. The van der Waals surface area contributed by atoms with Crippen LogP contribution in [0.25, 0.3) is 0 Å². The molecule has 0 saturated carbocycles. The van der Waals surface area contributed by atoms with Crippen molar-refractivity contribution in [2.75, 3.05) is 5.75 Å². The van der Waals surface area contributed by atoms with E-state index < -0.39 is 188 Å². The van der Waals surface area contributed by atoms with E-state index in [2.05, 4.69) is 24.4 Å². The molecule has 2 aromatic rings. The third kappa shape index (κ3) is 9.69. The lowest BCUT2D eigenvalue weighted by atomic mass is 10.1. The molecule has 0 unspecified atom stereocenters. The van der Waals surface area contributed by atoms with Crippen molar-refractivity contribution in [3.05, 3.63) is 9.54 Å². The fourth-order valence-corrected chi connectivity index (χ4v) is 10.1. The van der Waals surface area contributed by atoms with Gasteiger partial charge in [-0.05, 0) is 30.2 Å². The molecule has 3 rings (SSSR count). The Labute approximate surface area is 356 Å². The van der Waals surface area contributed by atoms with Gasteiger partial charge in [-0.2, -0.15) is 123 Å². The second kappa shape index (κ2) is 16.8. The van der Waals surface area contributed by atoms with Crippen LogP contribution in [0, 0.1) is 9.54 Å². The first-order chi connectivity index (χ1) is 27.6. The number of hydrogen-bond acceptors (Lipinski definition) is 7. The third-order valence-corrected chi connectivity index (χ3v) is 13.4. The summed E-state index contributed by atoms with van der Waals surface area (Å²) in [5, 5.41) is -6.15. The predicted molar refractivity (Wildman–Crippen MR) is 166 cm³/mol. The number of rotatable bonds is 16. The maximum absolute atomic E-state index is 14.8. The van der Waals surface area contributed by atoms with Gasteiger partial charge in [-0.1, -0.05) is 6.92 Å². The molecule has 2 aromatic heterocycles. The first kappa shape index (κ1) is 55.6. The number of fused-ring (bicyclic) bond motifs is 1. The third-order valence-electron chi connectivity index (χ3n) is 7.72. The SMILES string of the molecule is CCSc1c(SN2Sc3c(n(CC(F)(F)C(F)(F)C(F)(F)F)c(=S)n3CC(F)(F)C(F)(F)C(F)(F)F)S2)n(CC(F)(F)C(F)(F)C(F)(F)F)c(=S)n1CC(F)(F)C(F)(F)C(F)(F)F. The zero-order valence-corrected chi connectivity index (χ0v) is 33.7. The van der Waals surface area contributed by atoms with Crippen LogP contribution in [0.5, 0.6) is 0 Å². The van der Waals surface area contributed by atoms with Crippen LogP contribution in [0.1, 0.15) is 6.92 Å². The second-order valence-corrected chi connectivity index (χ2v) is 17.6. The molecule has 366 valence electrons. The first-order valence-corrected chi connectivity index (χ1v) is 19.2. The van der Waals surface area contributed by atoms with E-state index in [1.807, 2.05) is 0 Å². The van der Waals surface area contributed by atoms with Gasteiger partial charge in [0.1, 0.15) is 20.1 Å². The standard InChI is InChI=1S/C24H13F28N5S6/c1-2-60-7-8(54(4-14(27,28)18(35,36)22(44,45)46)11(58)53(7)3-13(25,26)17(33,34)21(41,42)43)61-57-62-9-10(63-57)56(6-16(31,32)20(39,40)24(50,51)52)12(59)55(9)5-15(29,30)19(37,38)23(47,48)49/h2-6H2,1H3. The summed E-state index contributed by atoms with van der Waals surface area (Å²) in [7, 11) is 0. The van der Waals surface area contributed by atoms with E-state index in [1.54, 1.807) is 0 Å². The lowest BCUT2D eigenvalue weighted by Gasteiger charge is -2.29. The van der Waals surface area contributed by atoms with E-state index in [1.165, 1.54) is 0 Å². The number of hydrogen-bond donors (Lipinski definition) is 0. The average molecular weight is 1100 g/mol. The Balaban J connectivity index is 2.38. The van der Waals surface area contributed by atoms with E-state index in [9.17, 15) is 123 Å². The summed E-state index contributed by atoms with van der Waals surface area (Å²) in [6, 6.07) is 0. The minimum atomic E-state index is -7.20. The Morgan fingerprint density at radius 1 is 0.397 bits per heavy atom. The number of imidazole rings is 2. The molecule has 63 heavy (non-hydrogen) atoms. The van der Waals surface area contributed by atoms with Crippen LogP contribution in [0.4, 0.5) is 123 Å². The van der Waals surface area contributed by atoms with Crippen molar-refractivity contribution < 1.29 is 123 Å². The lowest BCUT2D eigenvalue weighted by molar-refractivity contribution is -0.358. The van der Waals surface area contributed by atoms with Crippen LogP contribution in [-0.4, -0.2) is 99.2 Å². The molecular formula is C24H13F28N5S6. The van der Waals surface area contributed by atoms with Crippen molar-refractivity contribution in [1.82, 2.24) is 21.4 Å². The summed E-state index contributed by atoms with van der Waals surface area (Å²) in [5.74, 6) is -55.1. The van der Waals surface area contributed by atoms with Crippen LogP contribution in [0.3, 0.4) is 0 Å². The van der Waals surface area contributed by atoms with Crippen LogP contribution >= 0.6 is 72.0 Å². The molecule has 5 nitrogen and oxygen atoms in total. The zero-order valence-electron chi connectivity index (χ0n) is 28.8. The quantitative estimate of drug-likeness (QED) is 0.0714. The molecule has 0 aliphatic carbocycles. The second-order valence-electron chi connectivity index (χ2n) is 12.2. The molecule has 1 aliphatic rings. The molecule has 0 atom stereocenters. The van der Waals surface area contributed by atoms with Crippen molar-refractivity contribution in [2.45, 2.75) is 125 Å². The van der Waals surface area contributed by atoms with Gasteiger partial charge in [0.25, 0.3) is 0 Å². The molecule has 0 bridgehead atoms. The highest BCUT2D eigenvalue weighted by Crippen LogP contribution is 2.58. The van der Waals surface area contributed by atoms with E-state index in [0.29, 0.717) is 0 Å². The van der Waals surface area contributed by atoms with Crippen molar-refractivity contribution >= 4 is 72.0 Å². The topological polar surface area (TPSA) is 23.0 Å². The highest BCUT2D eigenvalue weighted by molar-refractivity contribution is 8.27. The van der Waals surface area contributed by atoms with Gasteiger partial charge in [-0.25, -0.2) is 0 Å². The van der Waals surface area contributed by atoms with E-state index >= 15 is 0 Å². The van der Waals surface area contributed by atoms with Gasteiger partial charge in [-0.3, -0.25) is 0 Å². The van der Waals surface area contributed by atoms with Crippen LogP contribution in [-0.2, 0) is 26.2 Å². The van der Waals surface area contributed by atoms with Gasteiger partial charge in [0.15, 0.2) is 9.54 Å². The van der Waals surface area contributed by atoms with E-state index in [4.69, 9.17) is 0 Å². The minimum Gasteiger partial charge on any atom is -0.304 e. The predicted octanol–water partition coefficient (Wildman–Crippen LogP) is 13.8. The molecule has 0 fully saturated rings. The molecule has 0 saturated heterocycles. The fraction of sp³-hybridized carbons (Fsp3) is 0.750. The van der Waals surface area contributed by atoms with Crippen molar-refractivity contribution in [3.8, 4) is 0 Å². The van der Waals surface area contributed by atoms with Gasteiger partial charge in [0.2, 0.25) is 0 Å². The molecule has 0 aromatic carbocycles. The normalized spacial score (nSPS) is 16.4. The van der Waals surface area contributed by atoms with Gasteiger partial charge in [0, 0.05) is 35.8 Å². The van der Waals surface area contributed by atoms with Gasteiger partial charge in [0.05, 0.1) is 26.2 Å². The summed E-state index contributed by atoms with van der Waals surface area (Å²) in [5.41, 5.74) is 0. The summed E-state index contributed by atoms with van der Waals surface area (Å²) in [6.07, 6.45) is -28.7. The fourth-order valence-electron chi connectivity index (χ4n) is 4.49. The average Bonchev–Trinajstić information content (AvgIpc) is 3.65.